The Morgan fingerprint density at radius 1 is 1.19 bits per heavy atom. The minimum Gasteiger partial charge on any atom is -0.151 e. The molecule has 1 aromatic carbocycles. The average molecular weight is 225 g/mol. The van der Waals surface area contributed by atoms with Crippen LogP contribution in [-0.4, -0.2) is 0 Å². The van der Waals surface area contributed by atoms with Crippen molar-refractivity contribution in [3.05, 3.63) is 64.2 Å². The molecule has 0 N–H and O–H groups in total. The van der Waals surface area contributed by atoms with Crippen LogP contribution in [0.4, 0.5) is 0 Å². The Balaban J connectivity index is 2.18. The second-order valence-corrected chi connectivity index (χ2v) is 4.35. The van der Waals surface area contributed by atoms with Crippen LogP contribution in [0, 0.1) is 18.3 Å². The van der Waals surface area contributed by atoms with Gasteiger partial charge < -0.3 is 0 Å². The van der Waals surface area contributed by atoms with Gasteiger partial charge in [0.15, 0.2) is 0 Å². The van der Waals surface area contributed by atoms with Gasteiger partial charge in [-0.2, -0.15) is 11.3 Å². The quantitative estimate of drug-likeness (QED) is 0.680. The summed E-state index contributed by atoms with van der Waals surface area (Å²) in [6.07, 6.45) is 3.17. The zero-order chi connectivity index (χ0) is 11.2. The molecule has 1 radical (unpaired) electrons. The van der Waals surface area contributed by atoms with E-state index in [0.717, 1.165) is 17.5 Å². The highest BCUT2D eigenvalue weighted by Gasteiger charge is 1.92. The molecule has 2 aromatic rings. The van der Waals surface area contributed by atoms with Gasteiger partial charge in [-0.1, -0.05) is 30.9 Å². The summed E-state index contributed by atoms with van der Waals surface area (Å²) in [5.41, 5.74) is 3.50. The first kappa shape index (κ1) is 11.0. The van der Waals surface area contributed by atoms with Crippen molar-refractivity contribution in [2.24, 2.45) is 0 Å². The van der Waals surface area contributed by atoms with E-state index in [2.05, 4.69) is 54.8 Å². The first-order valence-electron chi connectivity index (χ1n) is 5.29. The molecule has 0 spiro atoms. The first-order valence-corrected chi connectivity index (χ1v) is 6.24. The summed E-state index contributed by atoms with van der Waals surface area (Å²) in [5, 5.41) is 4.11. The van der Waals surface area contributed by atoms with Crippen LogP contribution >= 0.6 is 11.3 Å². The van der Waals surface area contributed by atoms with E-state index < -0.39 is 0 Å². The molecular formula is C15H13S. The number of hydrogen-bond acceptors (Lipinski definition) is 1. The zero-order valence-corrected chi connectivity index (χ0v) is 10.1. The lowest BCUT2D eigenvalue weighted by atomic mass is 10.1. The third-order valence-corrected chi connectivity index (χ3v) is 2.92. The highest BCUT2D eigenvalue weighted by molar-refractivity contribution is 7.08. The summed E-state index contributed by atoms with van der Waals surface area (Å²) in [7, 11) is 0. The van der Waals surface area contributed by atoms with E-state index in [1.165, 1.54) is 5.56 Å². The van der Waals surface area contributed by atoms with Gasteiger partial charge in [0.05, 0.1) is 0 Å². The Hall–Kier alpha value is -1.52. The molecule has 0 fully saturated rings. The summed E-state index contributed by atoms with van der Waals surface area (Å²) < 4.78 is 0. The van der Waals surface area contributed by atoms with Crippen molar-refractivity contribution >= 4 is 11.3 Å². The number of hydrogen-bond donors (Lipinski definition) is 0. The largest absolute Gasteiger partial charge is 0.151 e. The van der Waals surface area contributed by atoms with E-state index in [1.54, 1.807) is 11.3 Å². The number of thiophene rings is 1. The molecule has 2 rings (SSSR count). The maximum atomic E-state index is 3.19. The summed E-state index contributed by atoms with van der Waals surface area (Å²) >= 11 is 1.68. The third kappa shape index (κ3) is 2.98. The van der Waals surface area contributed by atoms with E-state index in [-0.39, 0.29) is 0 Å². The molecule has 79 valence electrons. The molecule has 0 amide bonds. The lowest BCUT2D eigenvalue weighted by Crippen LogP contribution is -1.84. The standard InChI is InChI=1S/C15H13S/c1-2-4-13-5-3-6-14(11-13)7-8-15-9-10-16-12-15/h2-3,5-6,9-12H,4H2,1H3. The summed E-state index contributed by atoms with van der Waals surface area (Å²) in [5.74, 6) is 6.35. The fraction of sp³-hybridized carbons (Fsp3) is 0.133. The van der Waals surface area contributed by atoms with Crippen molar-refractivity contribution in [2.75, 3.05) is 0 Å². The van der Waals surface area contributed by atoms with E-state index >= 15 is 0 Å². The molecule has 1 aromatic heterocycles. The normalized spacial score (nSPS) is 9.56. The fourth-order valence-corrected chi connectivity index (χ4v) is 2.08. The molecule has 0 aliphatic rings. The molecule has 0 atom stereocenters. The molecule has 16 heavy (non-hydrogen) atoms. The van der Waals surface area contributed by atoms with Crippen molar-refractivity contribution in [1.29, 1.82) is 0 Å². The van der Waals surface area contributed by atoms with E-state index in [0.29, 0.717) is 0 Å². The highest BCUT2D eigenvalue weighted by atomic mass is 32.1. The van der Waals surface area contributed by atoms with E-state index in [1.807, 2.05) is 11.4 Å². The van der Waals surface area contributed by atoms with Gasteiger partial charge in [0.1, 0.15) is 0 Å². The zero-order valence-electron chi connectivity index (χ0n) is 9.23. The van der Waals surface area contributed by atoms with Gasteiger partial charge in [0, 0.05) is 16.5 Å². The monoisotopic (exact) mass is 225 g/mol. The van der Waals surface area contributed by atoms with Gasteiger partial charge in [-0.15, -0.1) is 0 Å². The van der Waals surface area contributed by atoms with Crippen LogP contribution in [0.1, 0.15) is 23.6 Å². The third-order valence-electron chi connectivity index (χ3n) is 2.24. The Morgan fingerprint density at radius 2 is 2.06 bits per heavy atom. The van der Waals surface area contributed by atoms with E-state index in [4.69, 9.17) is 0 Å². The second-order valence-electron chi connectivity index (χ2n) is 3.57. The van der Waals surface area contributed by atoms with Crippen LogP contribution < -0.4 is 0 Å². The SMILES string of the molecule is C[CH]Cc1cccc(C#Cc2ccsc2)c1. The highest BCUT2D eigenvalue weighted by Crippen LogP contribution is 2.07. The molecule has 1 heteroatoms. The van der Waals surface area contributed by atoms with Crippen molar-refractivity contribution in [3.8, 4) is 11.8 Å². The average Bonchev–Trinajstić information content (AvgIpc) is 2.80. The molecule has 0 saturated heterocycles. The van der Waals surface area contributed by atoms with Crippen LogP contribution in [0.3, 0.4) is 0 Å². The van der Waals surface area contributed by atoms with Crippen LogP contribution in [0.15, 0.2) is 41.1 Å². The second kappa shape index (κ2) is 5.53. The van der Waals surface area contributed by atoms with Gasteiger partial charge in [-0.25, -0.2) is 0 Å². The number of benzene rings is 1. The lowest BCUT2D eigenvalue weighted by molar-refractivity contribution is 1.14. The van der Waals surface area contributed by atoms with Crippen molar-refractivity contribution in [1.82, 2.24) is 0 Å². The summed E-state index contributed by atoms with van der Waals surface area (Å²) in [6, 6.07) is 10.4. The minimum atomic E-state index is 1.01. The van der Waals surface area contributed by atoms with Crippen LogP contribution in [0.5, 0.6) is 0 Å². The minimum absolute atomic E-state index is 1.01. The van der Waals surface area contributed by atoms with Gasteiger partial charge in [-0.05, 0) is 42.0 Å². The van der Waals surface area contributed by atoms with Gasteiger partial charge in [-0.3, -0.25) is 0 Å². The molecule has 1 heterocycles. The molecule has 0 saturated carbocycles. The molecule has 0 unspecified atom stereocenters. The van der Waals surface area contributed by atoms with Crippen molar-refractivity contribution in [2.45, 2.75) is 13.3 Å². The van der Waals surface area contributed by atoms with Gasteiger partial charge in [0.2, 0.25) is 0 Å². The predicted molar refractivity (Wildman–Crippen MR) is 70.4 cm³/mol. The Morgan fingerprint density at radius 3 is 2.81 bits per heavy atom. The molecule has 0 nitrogen and oxygen atoms in total. The van der Waals surface area contributed by atoms with E-state index in [9.17, 15) is 0 Å². The maximum Gasteiger partial charge on any atom is 0.0356 e. The topological polar surface area (TPSA) is 0 Å². The molecule has 0 bridgehead atoms. The van der Waals surface area contributed by atoms with Crippen LogP contribution in [-0.2, 0) is 6.42 Å². The molecule has 0 aliphatic heterocycles. The van der Waals surface area contributed by atoms with Crippen molar-refractivity contribution < 1.29 is 0 Å². The maximum absolute atomic E-state index is 3.19. The van der Waals surface area contributed by atoms with Gasteiger partial charge >= 0.3 is 0 Å². The van der Waals surface area contributed by atoms with Gasteiger partial charge in [0.25, 0.3) is 0 Å². The van der Waals surface area contributed by atoms with Crippen molar-refractivity contribution in [3.63, 3.8) is 0 Å². The first-order chi connectivity index (χ1) is 7.88. The van der Waals surface area contributed by atoms with Crippen LogP contribution in [0.2, 0.25) is 0 Å². The Bertz CT molecular complexity index is 498. The smallest absolute Gasteiger partial charge is 0.0356 e. The summed E-state index contributed by atoms with van der Waals surface area (Å²) in [6.45, 7) is 2.07. The molecular weight excluding hydrogens is 212 g/mol. The summed E-state index contributed by atoms with van der Waals surface area (Å²) in [4.78, 5) is 0. The Labute approximate surface area is 101 Å². The number of rotatable bonds is 2. The van der Waals surface area contributed by atoms with Crippen LogP contribution in [0.25, 0.3) is 0 Å². The molecule has 0 aliphatic carbocycles. The lowest BCUT2D eigenvalue weighted by Gasteiger charge is -1.97. The fourth-order valence-electron chi connectivity index (χ4n) is 1.49. The Kier molecular flexibility index (Phi) is 3.80. The predicted octanol–water partition coefficient (Wildman–Crippen LogP) is 3.91.